The van der Waals surface area contributed by atoms with E-state index >= 15 is 0 Å². The Kier molecular flexibility index (Phi) is 3.83. The van der Waals surface area contributed by atoms with Crippen molar-refractivity contribution in [2.75, 3.05) is 32.7 Å². The zero-order valence-electron chi connectivity index (χ0n) is 10.3. The Labute approximate surface area is 98.9 Å². The molecule has 0 bridgehead atoms. The van der Waals surface area contributed by atoms with Crippen LogP contribution >= 0.6 is 0 Å². The van der Waals surface area contributed by atoms with Gasteiger partial charge in [0, 0.05) is 25.3 Å². The fourth-order valence-corrected chi connectivity index (χ4v) is 2.44. The lowest BCUT2D eigenvalue weighted by molar-refractivity contribution is 0.276. The van der Waals surface area contributed by atoms with Gasteiger partial charge in [-0.05, 0) is 44.5 Å². The second-order valence-corrected chi connectivity index (χ2v) is 4.76. The molecule has 2 heteroatoms. The molecule has 0 radical (unpaired) electrons. The average Bonchev–Trinajstić information content (AvgIpc) is 2.79. The zero-order valence-corrected chi connectivity index (χ0v) is 10.3. The van der Waals surface area contributed by atoms with E-state index in [1.807, 2.05) is 0 Å². The van der Waals surface area contributed by atoms with Crippen LogP contribution in [-0.2, 0) is 0 Å². The SMILES string of the molecule is C=C(C)C1=CC=CCN1CCN1CCCC1. The van der Waals surface area contributed by atoms with E-state index in [9.17, 15) is 0 Å². The lowest BCUT2D eigenvalue weighted by Crippen LogP contribution is -2.34. The van der Waals surface area contributed by atoms with E-state index in [2.05, 4.69) is 41.5 Å². The second kappa shape index (κ2) is 5.35. The van der Waals surface area contributed by atoms with E-state index in [0.717, 1.165) is 13.1 Å². The first-order chi connectivity index (χ1) is 7.77. The smallest absolute Gasteiger partial charge is 0.0393 e. The Morgan fingerprint density at radius 2 is 2.06 bits per heavy atom. The summed E-state index contributed by atoms with van der Waals surface area (Å²) in [7, 11) is 0. The predicted octanol–water partition coefficient (Wildman–Crippen LogP) is 2.41. The topological polar surface area (TPSA) is 6.48 Å². The number of allylic oxidation sites excluding steroid dienone is 3. The Bertz CT molecular complexity index is 309. The van der Waals surface area contributed by atoms with Gasteiger partial charge in [0.05, 0.1) is 0 Å². The monoisotopic (exact) mass is 218 g/mol. The highest BCUT2D eigenvalue weighted by Gasteiger charge is 2.15. The van der Waals surface area contributed by atoms with Crippen molar-refractivity contribution in [3.8, 4) is 0 Å². The van der Waals surface area contributed by atoms with Gasteiger partial charge in [-0.25, -0.2) is 0 Å². The largest absolute Gasteiger partial charge is 0.366 e. The standard InChI is InChI=1S/C14H22N2/c1-13(2)14-7-3-4-10-16(14)12-11-15-8-5-6-9-15/h3-4,7H,1,5-6,8-12H2,2H3. The first-order valence-electron chi connectivity index (χ1n) is 6.27. The summed E-state index contributed by atoms with van der Waals surface area (Å²) < 4.78 is 0. The number of rotatable bonds is 4. The molecule has 2 aliphatic heterocycles. The summed E-state index contributed by atoms with van der Waals surface area (Å²) in [6.07, 6.45) is 9.29. The Morgan fingerprint density at radius 3 is 2.75 bits per heavy atom. The molecule has 16 heavy (non-hydrogen) atoms. The van der Waals surface area contributed by atoms with Crippen molar-refractivity contribution in [3.05, 3.63) is 36.1 Å². The van der Waals surface area contributed by atoms with Crippen LogP contribution in [0.5, 0.6) is 0 Å². The molecule has 88 valence electrons. The first-order valence-corrected chi connectivity index (χ1v) is 6.27. The van der Waals surface area contributed by atoms with Crippen LogP contribution in [0.1, 0.15) is 19.8 Å². The molecule has 0 atom stereocenters. The Hall–Kier alpha value is -1.02. The predicted molar refractivity (Wildman–Crippen MR) is 69.3 cm³/mol. The summed E-state index contributed by atoms with van der Waals surface area (Å²) in [6.45, 7) is 12.1. The first kappa shape index (κ1) is 11.5. The zero-order chi connectivity index (χ0) is 11.4. The molecule has 1 fully saturated rings. The summed E-state index contributed by atoms with van der Waals surface area (Å²) in [5.74, 6) is 0. The highest BCUT2D eigenvalue weighted by Crippen LogP contribution is 2.17. The third-order valence-electron chi connectivity index (χ3n) is 3.38. The van der Waals surface area contributed by atoms with Crippen LogP contribution < -0.4 is 0 Å². The summed E-state index contributed by atoms with van der Waals surface area (Å²) in [6, 6.07) is 0. The van der Waals surface area contributed by atoms with Crippen LogP contribution in [0.25, 0.3) is 0 Å². The lowest BCUT2D eigenvalue weighted by atomic mass is 10.1. The fourth-order valence-electron chi connectivity index (χ4n) is 2.44. The van der Waals surface area contributed by atoms with Crippen molar-refractivity contribution in [1.29, 1.82) is 0 Å². The molecule has 0 aliphatic carbocycles. The maximum absolute atomic E-state index is 4.05. The molecule has 0 saturated carbocycles. The number of likely N-dealkylation sites (tertiary alicyclic amines) is 1. The molecule has 0 N–H and O–H groups in total. The molecule has 0 aromatic heterocycles. The fraction of sp³-hybridized carbons (Fsp3) is 0.571. The van der Waals surface area contributed by atoms with E-state index in [1.165, 1.54) is 43.7 Å². The van der Waals surface area contributed by atoms with Crippen LogP contribution in [0.4, 0.5) is 0 Å². The van der Waals surface area contributed by atoms with Gasteiger partial charge >= 0.3 is 0 Å². The normalized spacial score (nSPS) is 21.3. The molecular formula is C14H22N2. The highest BCUT2D eigenvalue weighted by atomic mass is 15.2. The Balaban J connectivity index is 1.86. The van der Waals surface area contributed by atoms with Gasteiger partial charge in [-0.2, -0.15) is 0 Å². The van der Waals surface area contributed by atoms with Crippen LogP contribution in [-0.4, -0.2) is 42.5 Å². The summed E-state index contributed by atoms with van der Waals surface area (Å²) in [5, 5.41) is 0. The summed E-state index contributed by atoms with van der Waals surface area (Å²) in [5.41, 5.74) is 2.48. The minimum absolute atomic E-state index is 1.03. The summed E-state index contributed by atoms with van der Waals surface area (Å²) >= 11 is 0. The van der Waals surface area contributed by atoms with Gasteiger partial charge < -0.3 is 9.80 Å². The minimum Gasteiger partial charge on any atom is -0.366 e. The van der Waals surface area contributed by atoms with Gasteiger partial charge in [0.25, 0.3) is 0 Å². The van der Waals surface area contributed by atoms with E-state index in [-0.39, 0.29) is 0 Å². The maximum Gasteiger partial charge on any atom is 0.0393 e. The molecule has 2 aliphatic rings. The second-order valence-electron chi connectivity index (χ2n) is 4.76. The Morgan fingerprint density at radius 1 is 1.31 bits per heavy atom. The average molecular weight is 218 g/mol. The van der Waals surface area contributed by atoms with Gasteiger partial charge in [0.2, 0.25) is 0 Å². The van der Waals surface area contributed by atoms with E-state index in [4.69, 9.17) is 0 Å². The van der Waals surface area contributed by atoms with Crippen molar-refractivity contribution in [1.82, 2.24) is 9.80 Å². The molecule has 0 aromatic carbocycles. The van der Waals surface area contributed by atoms with E-state index in [0.29, 0.717) is 0 Å². The molecule has 2 rings (SSSR count). The van der Waals surface area contributed by atoms with Gasteiger partial charge in [0.15, 0.2) is 0 Å². The van der Waals surface area contributed by atoms with Gasteiger partial charge in [-0.1, -0.05) is 18.7 Å². The molecule has 2 heterocycles. The van der Waals surface area contributed by atoms with Crippen LogP contribution in [0.2, 0.25) is 0 Å². The van der Waals surface area contributed by atoms with Gasteiger partial charge in [-0.3, -0.25) is 0 Å². The van der Waals surface area contributed by atoms with Crippen molar-refractivity contribution in [2.45, 2.75) is 19.8 Å². The van der Waals surface area contributed by atoms with Crippen molar-refractivity contribution in [2.24, 2.45) is 0 Å². The molecule has 1 saturated heterocycles. The lowest BCUT2D eigenvalue weighted by Gasteiger charge is -2.30. The highest BCUT2D eigenvalue weighted by molar-refractivity contribution is 5.32. The van der Waals surface area contributed by atoms with E-state index in [1.54, 1.807) is 0 Å². The number of hydrogen-bond acceptors (Lipinski definition) is 2. The van der Waals surface area contributed by atoms with Gasteiger partial charge in [0.1, 0.15) is 0 Å². The molecule has 0 unspecified atom stereocenters. The van der Waals surface area contributed by atoms with Crippen molar-refractivity contribution in [3.63, 3.8) is 0 Å². The quantitative estimate of drug-likeness (QED) is 0.715. The molecule has 0 aromatic rings. The third-order valence-corrected chi connectivity index (χ3v) is 3.38. The van der Waals surface area contributed by atoms with Crippen molar-refractivity contribution < 1.29 is 0 Å². The number of hydrogen-bond donors (Lipinski definition) is 0. The minimum atomic E-state index is 1.03. The maximum atomic E-state index is 4.05. The van der Waals surface area contributed by atoms with Crippen LogP contribution in [0.15, 0.2) is 36.1 Å². The van der Waals surface area contributed by atoms with Gasteiger partial charge in [-0.15, -0.1) is 0 Å². The van der Waals surface area contributed by atoms with Crippen LogP contribution in [0, 0.1) is 0 Å². The molecule has 0 spiro atoms. The third kappa shape index (κ3) is 2.76. The van der Waals surface area contributed by atoms with Crippen molar-refractivity contribution >= 4 is 0 Å². The molecule has 0 amide bonds. The summed E-state index contributed by atoms with van der Waals surface area (Å²) in [4.78, 5) is 5.00. The van der Waals surface area contributed by atoms with E-state index < -0.39 is 0 Å². The van der Waals surface area contributed by atoms with Crippen LogP contribution in [0.3, 0.4) is 0 Å². The molecular weight excluding hydrogens is 196 g/mol. The number of nitrogens with zero attached hydrogens (tertiary/aromatic N) is 2. The molecule has 2 nitrogen and oxygen atoms in total.